The predicted molar refractivity (Wildman–Crippen MR) is 80.9 cm³/mol. The average molecular weight is 355 g/mol. The van der Waals surface area contributed by atoms with Gasteiger partial charge in [0.2, 0.25) is 0 Å². The maximum atomic E-state index is 5.78. The molecule has 0 amide bonds. The third-order valence-corrected chi connectivity index (χ3v) is 3.42. The van der Waals surface area contributed by atoms with Crippen molar-refractivity contribution < 1.29 is 9.47 Å². The molecule has 0 bridgehead atoms. The lowest BCUT2D eigenvalue weighted by molar-refractivity contribution is 0.295. The molecule has 0 heterocycles. The molecule has 94 valence electrons. The second-order valence-corrected chi connectivity index (χ2v) is 4.95. The highest BCUT2D eigenvalue weighted by atomic mass is 127. The fourth-order valence-corrected chi connectivity index (χ4v) is 2.14. The Hall–Kier alpha value is -1.43. The van der Waals surface area contributed by atoms with Crippen molar-refractivity contribution in [3.8, 4) is 11.5 Å². The van der Waals surface area contributed by atoms with Crippen molar-refractivity contribution in [3.05, 3.63) is 51.6 Å². The summed E-state index contributed by atoms with van der Waals surface area (Å²) in [6, 6.07) is 13.5. The van der Waals surface area contributed by atoms with E-state index >= 15 is 0 Å². The normalized spacial score (nSPS) is 10.1. The van der Waals surface area contributed by atoms with Gasteiger partial charge in [-0.3, -0.25) is 0 Å². The fourth-order valence-electron chi connectivity index (χ4n) is 1.60. The Morgan fingerprint density at radius 2 is 1.89 bits per heavy atom. The van der Waals surface area contributed by atoms with Crippen LogP contribution in [-0.2, 0) is 6.61 Å². The molecular weight excluding hydrogens is 341 g/mol. The van der Waals surface area contributed by atoms with Crippen molar-refractivity contribution in [1.29, 1.82) is 0 Å². The van der Waals surface area contributed by atoms with Crippen LogP contribution in [0.4, 0.5) is 5.69 Å². The quantitative estimate of drug-likeness (QED) is 0.675. The van der Waals surface area contributed by atoms with Gasteiger partial charge in [0.1, 0.15) is 18.1 Å². The van der Waals surface area contributed by atoms with E-state index in [4.69, 9.17) is 15.2 Å². The summed E-state index contributed by atoms with van der Waals surface area (Å²) in [5, 5.41) is 0. The molecule has 18 heavy (non-hydrogen) atoms. The van der Waals surface area contributed by atoms with E-state index < -0.39 is 0 Å². The van der Waals surface area contributed by atoms with Crippen molar-refractivity contribution in [2.45, 2.75) is 6.61 Å². The number of hydrogen-bond acceptors (Lipinski definition) is 3. The molecule has 4 heteroatoms. The van der Waals surface area contributed by atoms with Crippen LogP contribution in [0.2, 0.25) is 0 Å². The minimum absolute atomic E-state index is 0.462. The standard InChI is InChI=1S/C14H14INO2/c1-17-14-8-11(16)7-6-10(14)9-18-13-5-3-2-4-12(13)15/h2-8H,9,16H2,1H3. The first-order valence-corrected chi connectivity index (χ1v) is 6.58. The number of methoxy groups -OCH3 is 1. The molecule has 0 saturated carbocycles. The van der Waals surface area contributed by atoms with E-state index in [1.54, 1.807) is 13.2 Å². The first-order chi connectivity index (χ1) is 8.70. The number of benzene rings is 2. The van der Waals surface area contributed by atoms with Crippen LogP contribution in [0.3, 0.4) is 0 Å². The van der Waals surface area contributed by atoms with Crippen molar-refractivity contribution in [2.75, 3.05) is 12.8 Å². The fraction of sp³-hybridized carbons (Fsp3) is 0.143. The zero-order valence-electron chi connectivity index (χ0n) is 10.0. The average Bonchev–Trinajstić information content (AvgIpc) is 2.39. The van der Waals surface area contributed by atoms with E-state index in [2.05, 4.69) is 22.6 Å². The minimum atomic E-state index is 0.462. The zero-order valence-corrected chi connectivity index (χ0v) is 12.2. The lowest BCUT2D eigenvalue weighted by Crippen LogP contribution is -2.00. The molecule has 0 aromatic heterocycles. The number of nitrogens with two attached hydrogens (primary N) is 1. The van der Waals surface area contributed by atoms with Gasteiger partial charge in [-0.15, -0.1) is 0 Å². The number of rotatable bonds is 4. The number of halogens is 1. The molecular formula is C14H14INO2. The maximum absolute atomic E-state index is 5.78. The van der Waals surface area contributed by atoms with E-state index in [0.717, 1.165) is 20.6 Å². The van der Waals surface area contributed by atoms with Crippen molar-refractivity contribution in [3.63, 3.8) is 0 Å². The van der Waals surface area contributed by atoms with Gasteiger partial charge in [-0.25, -0.2) is 0 Å². The SMILES string of the molecule is COc1cc(N)ccc1COc1ccccc1I. The Bertz CT molecular complexity index is 543. The van der Waals surface area contributed by atoms with Crippen LogP contribution in [-0.4, -0.2) is 7.11 Å². The summed E-state index contributed by atoms with van der Waals surface area (Å²) in [7, 11) is 1.63. The smallest absolute Gasteiger partial charge is 0.133 e. The molecule has 3 nitrogen and oxygen atoms in total. The van der Waals surface area contributed by atoms with Gasteiger partial charge in [-0.1, -0.05) is 12.1 Å². The lowest BCUT2D eigenvalue weighted by Gasteiger charge is -2.11. The number of nitrogen functional groups attached to an aromatic ring is 1. The Morgan fingerprint density at radius 3 is 2.61 bits per heavy atom. The highest BCUT2D eigenvalue weighted by Gasteiger charge is 2.05. The summed E-state index contributed by atoms with van der Waals surface area (Å²) in [6.45, 7) is 0.462. The Balaban J connectivity index is 2.13. The van der Waals surface area contributed by atoms with Crippen LogP contribution >= 0.6 is 22.6 Å². The van der Waals surface area contributed by atoms with Crippen LogP contribution in [0.15, 0.2) is 42.5 Å². The molecule has 0 atom stereocenters. The Labute approximate surface area is 120 Å². The first-order valence-electron chi connectivity index (χ1n) is 5.50. The third-order valence-electron chi connectivity index (χ3n) is 2.53. The van der Waals surface area contributed by atoms with Gasteiger partial charge in [0, 0.05) is 17.3 Å². The molecule has 0 unspecified atom stereocenters. The summed E-state index contributed by atoms with van der Waals surface area (Å²) in [4.78, 5) is 0. The monoisotopic (exact) mass is 355 g/mol. The van der Waals surface area contributed by atoms with E-state index in [1.165, 1.54) is 0 Å². The van der Waals surface area contributed by atoms with Crippen LogP contribution in [0, 0.1) is 3.57 Å². The van der Waals surface area contributed by atoms with Gasteiger partial charge in [-0.05, 0) is 46.9 Å². The predicted octanol–water partition coefficient (Wildman–Crippen LogP) is 3.46. The topological polar surface area (TPSA) is 44.5 Å². The van der Waals surface area contributed by atoms with Crippen molar-refractivity contribution in [2.24, 2.45) is 0 Å². The number of para-hydroxylation sites is 1. The lowest BCUT2D eigenvalue weighted by atomic mass is 10.2. The molecule has 2 aromatic rings. The minimum Gasteiger partial charge on any atom is -0.496 e. The van der Waals surface area contributed by atoms with Gasteiger partial charge in [0.25, 0.3) is 0 Å². The second-order valence-electron chi connectivity index (χ2n) is 3.79. The van der Waals surface area contributed by atoms with E-state index in [9.17, 15) is 0 Å². The van der Waals surface area contributed by atoms with Crippen molar-refractivity contribution >= 4 is 28.3 Å². The Kier molecular flexibility index (Phi) is 4.30. The van der Waals surface area contributed by atoms with E-state index in [-0.39, 0.29) is 0 Å². The van der Waals surface area contributed by atoms with Crippen LogP contribution in [0.5, 0.6) is 11.5 Å². The second kappa shape index (κ2) is 5.95. The van der Waals surface area contributed by atoms with Crippen LogP contribution in [0.1, 0.15) is 5.56 Å². The molecule has 0 fully saturated rings. The van der Waals surface area contributed by atoms with Crippen LogP contribution < -0.4 is 15.2 Å². The molecule has 2 rings (SSSR count). The molecule has 0 aliphatic heterocycles. The van der Waals surface area contributed by atoms with Crippen molar-refractivity contribution in [1.82, 2.24) is 0 Å². The van der Waals surface area contributed by atoms with Gasteiger partial charge < -0.3 is 15.2 Å². The van der Waals surface area contributed by atoms with Gasteiger partial charge in [0.05, 0.1) is 10.7 Å². The highest BCUT2D eigenvalue weighted by molar-refractivity contribution is 14.1. The van der Waals surface area contributed by atoms with Gasteiger partial charge in [-0.2, -0.15) is 0 Å². The molecule has 0 radical (unpaired) electrons. The molecule has 2 N–H and O–H groups in total. The molecule has 0 saturated heterocycles. The summed E-state index contributed by atoms with van der Waals surface area (Å²) in [5.74, 6) is 1.62. The van der Waals surface area contributed by atoms with E-state index in [1.807, 2.05) is 36.4 Å². The maximum Gasteiger partial charge on any atom is 0.133 e. The highest BCUT2D eigenvalue weighted by Crippen LogP contribution is 2.25. The molecule has 0 aliphatic carbocycles. The molecule has 0 spiro atoms. The number of anilines is 1. The van der Waals surface area contributed by atoms with Gasteiger partial charge >= 0.3 is 0 Å². The number of hydrogen-bond donors (Lipinski definition) is 1. The first kappa shape index (κ1) is 13.0. The number of ether oxygens (including phenoxy) is 2. The zero-order chi connectivity index (χ0) is 13.0. The third kappa shape index (κ3) is 3.07. The van der Waals surface area contributed by atoms with Gasteiger partial charge in [0.15, 0.2) is 0 Å². The molecule has 0 aliphatic rings. The molecule has 2 aromatic carbocycles. The Morgan fingerprint density at radius 1 is 1.11 bits per heavy atom. The largest absolute Gasteiger partial charge is 0.496 e. The summed E-state index contributed by atoms with van der Waals surface area (Å²) >= 11 is 2.25. The van der Waals surface area contributed by atoms with Crippen LogP contribution in [0.25, 0.3) is 0 Å². The summed E-state index contributed by atoms with van der Waals surface area (Å²) in [5.41, 5.74) is 7.38. The summed E-state index contributed by atoms with van der Waals surface area (Å²) < 4.78 is 12.1. The van der Waals surface area contributed by atoms with E-state index in [0.29, 0.717) is 12.3 Å². The summed E-state index contributed by atoms with van der Waals surface area (Å²) in [6.07, 6.45) is 0.